The maximum absolute atomic E-state index is 7.96. The molecule has 3 aromatic carbocycles. The van der Waals surface area contributed by atoms with Crippen molar-refractivity contribution in [1.82, 2.24) is 0 Å². The molecule has 3 aromatic rings. The van der Waals surface area contributed by atoms with Crippen LogP contribution in [0.15, 0.2) is 66.7 Å². The summed E-state index contributed by atoms with van der Waals surface area (Å²) in [6, 6.07) is 25.0. The number of benzene rings is 3. The SMILES string of the molecule is CCc1cc(CC)cc([Si](Cl)(c2ccccc2)c2cc(C(C)(C)C)cc(C(C)(C)C)c2)c1. The molecule has 1 atom stereocenters. The van der Waals surface area contributed by atoms with Crippen molar-refractivity contribution in [1.29, 1.82) is 0 Å². The highest BCUT2D eigenvalue weighted by atomic mass is 35.6. The smallest absolute Gasteiger partial charge is 0.149 e. The molecular weight excluding hydrogens is 424 g/mol. The summed E-state index contributed by atoms with van der Waals surface area (Å²) in [5.74, 6) is 0. The van der Waals surface area contributed by atoms with E-state index in [4.69, 9.17) is 11.1 Å². The first kappa shape index (κ1) is 24.8. The highest BCUT2D eigenvalue weighted by molar-refractivity contribution is 7.40. The molecule has 0 nitrogen and oxygen atoms in total. The Morgan fingerprint density at radius 3 is 1.44 bits per heavy atom. The Balaban J connectivity index is 2.41. The monoisotopic (exact) mass is 462 g/mol. The van der Waals surface area contributed by atoms with Gasteiger partial charge in [-0.05, 0) is 61.5 Å². The minimum Gasteiger partial charge on any atom is -0.149 e. The van der Waals surface area contributed by atoms with E-state index in [0.29, 0.717) is 0 Å². The van der Waals surface area contributed by atoms with Crippen molar-refractivity contribution >= 4 is 34.0 Å². The molecular formula is C30H39ClSi. The Bertz CT molecular complexity index is 1020. The van der Waals surface area contributed by atoms with Gasteiger partial charge in [-0.1, -0.05) is 122 Å². The van der Waals surface area contributed by atoms with Gasteiger partial charge in [0.2, 0.25) is 7.38 Å². The lowest BCUT2D eigenvalue weighted by Crippen LogP contribution is -2.63. The molecule has 3 rings (SSSR count). The summed E-state index contributed by atoms with van der Waals surface area (Å²) in [7, 11) is -2.72. The van der Waals surface area contributed by atoms with Gasteiger partial charge in [-0.3, -0.25) is 0 Å². The minimum atomic E-state index is -2.72. The van der Waals surface area contributed by atoms with Crippen LogP contribution in [0.5, 0.6) is 0 Å². The maximum atomic E-state index is 7.96. The number of halogens is 1. The van der Waals surface area contributed by atoms with Gasteiger partial charge in [0, 0.05) is 0 Å². The van der Waals surface area contributed by atoms with Gasteiger partial charge in [0.15, 0.2) is 0 Å². The lowest BCUT2D eigenvalue weighted by Gasteiger charge is -2.32. The second kappa shape index (κ2) is 9.19. The van der Waals surface area contributed by atoms with Crippen molar-refractivity contribution in [3.63, 3.8) is 0 Å². The summed E-state index contributed by atoms with van der Waals surface area (Å²) < 4.78 is 0. The number of rotatable bonds is 5. The third kappa shape index (κ3) is 5.05. The third-order valence-electron chi connectivity index (χ3n) is 6.50. The first-order chi connectivity index (χ1) is 14.9. The summed E-state index contributed by atoms with van der Waals surface area (Å²) in [5.41, 5.74) is 5.57. The molecule has 0 aliphatic rings. The summed E-state index contributed by atoms with van der Waals surface area (Å²) >= 11 is 7.96. The molecule has 0 saturated carbocycles. The molecule has 0 amide bonds. The van der Waals surface area contributed by atoms with Crippen LogP contribution >= 0.6 is 11.1 Å². The Hall–Kier alpha value is -1.83. The fourth-order valence-corrected chi connectivity index (χ4v) is 8.39. The first-order valence-corrected chi connectivity index (χ1v) is 14.9. The quantitative estimate of drug-likeness (QED) is 0.227. The van der Waals surface area contributed by atoms with Crippen LogP contribution in [0.4, 0.5) is 0 Å². The van der Waals surface area contributed by atoms with Crippen molar-refractivity contribution in [2.24, 2.45) is 0 Å². The van der Waals surface area contributed by atoms with Gasteiger partial charge < -0.3 is 0 Å². The fraction of sp³-hybridized carbons (Fsp3) is 0.400. The Morgan fingerprint density at radius 1 is 0.594 bits per heavy atom. The highest BCUT2D eigenvalue weighted by Crippen LogP contribution is 2.29. The molecule has 0 fully saturated rings. The van der Waals surface area contributed by atoms with Gasteiger partial charge in [-0.15, -0.1) is 11.1 Å². The zero-order valence-electron chi connectivity index (χ0n) is 21.1. The van der Waals surface area contributed by atoms with E-state index in [9.17, 15) is 0 Å². The molecule has 0 aromatic heterocycles. The van der Waals surface area contributed by atoms with Crippen molar-refractivity contribution in [3.8, 4) is 0 Å². The zero-order chi connectivity index (χ0) is 23.7. The zero-order valence-corrected chi connectivity index (χ0v) is 22.9. The van der Waals surface area contributed by atoms with Crippen LogP contribution in [-0.4, -0.2) is 7.38 Å². The van der Waals surface area contributed by atoms with E-state index in [-0.39, 0.29) is 10.8 Å². The molecule has 0 radical (unpaired) electrons. The Kier molecular flexibility index (Phi) is 7.13. The van der Waals surface area contributed by atoms with E-state index < -0.39 is 7.38 Å². The van der Waals surface area contributed by atoms with Crippen LogP contribution in [0.3, 0.4) is 0 Å². The summed E-state index contributed by atoms with van der Waals surface area (Å²) in [4.78, 5) is 0. The highest BCUT2D eigenvalue weighted by Gasteiger charge is 2.39. The lowest BCUT2D eigenvalue weighted by atomic mass is 9.81. The van der Waals surface area contributed by atoms with Gasteiger partial charge in [-0.2, -0.15) is 0 Å². The molecule has 0 bridgehead atoms. The second-order valence-electron chi connectivity index (χ2n) is 11.1. The van der Waals surface area contributed by atoms with Gasteiger partial charge in [0.25, 0.3) is 0 Å². The molecule has 0 heterocycles. The predicted molar refractivity (Wildman–Crippen MR) is 146 cm³/mol. The lowest BCUT2D eigenvalue weighted by molar-refractivity contribution is 0.569. The number of hydrogen-bond donors (Lipinski definition) is 0. The summed E-state index contributed by atoms with van der Waals surface area (Å²) in [6.07, 6.45) is 2.04. The van der Waals surface area contributed by atoms with Crippen LogP contribution in [0.25, 0.3) is 0 Å². The minimum absolute atomic E-state index is 0.0543. The van der Waals surface area contributed by atoms with Crippen molar-refractivity contribution in [3.05, 3.63) is 89.0 Å². The summed E-state index contributed by atoms with van der Waals surface area (Å²) in [5, 5.41) is 3.84. The first-order valence-electron chi connectivity index (χ1n) is 11.9. The van der Waals surface area contributed by atoms with Crippen molar-refractivity contribution in [2.75, 3.05) is 0 Å². The largest absolute Gasteiger partial charge is 0.247 e. The van der Waals surface area contributed by atoms with Crippen molar-refractivity contribution in [2.45, 2.75) is 79.1 Å². The Labute approximate surface area is 201 Å². The van der Waals surface area contributed by atoms with Crippen LogP contribution < -0.4 is 15.6 Å². The molecule has 0 aliphatic heterocycles. The fourth-order valence-electron chi connectivity index (χ4n) is 4.23. The van der Waals surface area contributed by atoms with Gasteiger partial charge in [0.05, 0.1) is 0 Å². The number of hydrogen-bond acceptors (Lipinski definition) is 0. The Morgan fingerprint density at radius 2 is 1.03 bits per heavy atom. The average Bonchev–Trinajstić information content (AvgIpc) is 2.77. The standard InChI is InChI=1S/C30H39ClSi/c1-9-22-16-23(10-2)18-27(17-22)32(31,26-14-12-11-13-15-26)28-20-24(29(3,4)5)19-25(21-28)30(6,7)8/h11-21H,9-10H2,1-8H3. The molecule has 1 unspecified atom stereocenters. The van der Waals surface area contributed by atoms with Crippen LogP contribution in [0.1, 0.15) is 77.6 Å². The molecule has 32 heavy (non-hydrogen) atoms. The number of aryl methyl sites for hydroxylation is 2. The average molecular weight is 463 g/mol. The molecule has 2 heteroatoms. The molecule has 0 aliphatic carbocycles. The molecule has 0 spiro atoms. The van der Waals surface area contributed by atoms with E-state index in [2.05, 4.69) is 122 Å². The van der Waals surface area contributed by atoms with Gasteiger partial charge in [-0.25, -0.2) is 0 Å². The van der Waals surface area contributed by atoms with Crippen LogP contribution in [-0.2, 0) is 23.7 Å². The topological polar surface area (TPSA) is 0 Å². The van der Waals surface area contributed by atoms with Gasteiger partial charge >= 0.3 is 0 Å². The van der Waals surface area contributed by atoms with E-state index in [1.165, 1.54) is 37.8 Å². The second-order valence-corrected chi connectivity index (χ2v) is 15.8. The van der Waals surface area contributed by atoms with E-state index >= 15 is 0 Å². The van der Waals surface area contributed by atoms with Crippen LogP contribution in [0.2, 0.25) is 0 Å². The normalized spacial score (nSPS) is 14.3. The van der Waals surface area contributed by atoms with Crippen molar-refractivity contribution < 1.29 is 0 Å². The molecule has 0 saturated heterocycles. The molecule has 0 N–H and O–H groups in total. The van der Waals surface area contributed by atoms with E-state index in [1.54, 1.807) is 0 Å². The third-order valence-corrected chi connectivity index (χ3v) is 11.8. The van der Waals surface area contributed by atoms with Crippen LogP contribution in [0, 0.1) is 0 Å². The van der Waals surface area contributed by atoms with E-state index in [0.717, 1.165) is 12.8 Å². The predicted octanol–water partition coefficient (Wildman–Crippen LogP) is 6.61. The maximum Gasteiger partial charge on any atom is 0.247 e. The molecule has 170 valence electrons. The van der Waals surface area contributed by atoms with Gasteiger partial charge in [0.1, 0.15) is 0 Å². The van der Waals surface area contributed by atoms with E-state index in [1.807, 2.05) is 0 Å². The summed E-state index contributed by atoms with van der Waals surface area (Å²) in [6.45, 7) is 18.2.